The van der Waals surface area contributed by atoms with Gasteiger partial charge in [0.1, 0.15) is 5.82 Å². The minimum atomic E-state index is -1.21. The molecule has 0 bridgehead atoms. The van der Waals surface area contributed by atoms with E-state index in [1.54, 1.807) is 0 Å². The summed E-state index contributed by atoms with van der Waals surface area (Å²) < 4.78 is 21.0. The van der Waals surface area contributed by atoms with E-state index < -0.39 is 34.8 Å². The van der Waals surface area contributed by atoms with Gasteiger partial charge in [-0.25, -0.2) is 14.0 Å². The van der Waals surface area contributed by atoms with Crippen LogP contribution in [0.15, 0.2) is 27.8 Å². The molecular weight excluding hydrogens is 405 g/mol. The number of anilines is 2. The zero-order valence-corrected chi connectivity index (χ0v) is 16.3. The molecule has 0 atom stereocenters. The van der Waals surface area contributed by atoms with E-state index in [-0.39, 0.29) is 30.3 Å². The van der Waals surface area contributed by atoms with Crippen LogP contribution in [0.3, 0.4) is 0 Å². The molecule has 12 nitrogen and oxygen atoms in total. The fourth-order valence-corrected chi connectivity index (χ4v) is 2.34. The number of carbonyl (C=O) groups is 2. The molecule has 0 saturated heterocycles. The highest BCUT2D eigenvalue weighted by atomic mass is 19.1. The molecule has 0 fully saturated rings. The standard InChI is InChI=1S/C17H20FN5O7/c1-19-14(25)9-4-5-11(10(18)8-9)20-13-12(30-16(27)21-29-7-6-24)15(26)23(3)17(28)22(13)2/h4-5,8,20,24H,6-7H2,1-3H3,(H,19,25)(H,21,27). The van der Waals surface area contributed by atoms with Crippen LogP contribution in [0.2, 0.25) is 0 Å². The Morgan fingerprint density at radius 3 is 2.50 bits per heavy atom. The summed E-state index contributed by atoms with van der Waals surface area (Å²) in [4.78, 5) is 52.8. The maximum Gasteiger partial charge on any atom is 0.437 e. The average Bonchev–Trinajstić information content (AvgIpc) is 2.73. The number of ether oxygens (including phenoxy) is 1. The topological polar surface area (TPSA) is 153 Å². The molecule has 1 aromatic carbocycles. The summed E-state index contributed by atoms with van der Waals surface area (Å²) >= 11 is 0. The van der Waals surface area contributed by atoms with E-state index in [4.69, 9.17) is 9.84 Å². The van der Waals surface area contributed by atoms with E-state index in [0.717, 1.165) is 10.6 Å². The first-order chi connectivity index (χ1) is 14.2. The maximum atomic E-state index is 14.5. The number of aliphatic hydroxyl groups is 1. The van der Waals surface area contributed by atoms with Crippen molar-refractivity contribution in [3.63, 3.8) is 0 Å². The predicted molar refractivity (Wildman–Crippen MR) is 102 cm³/mol. The number of benzene rings is 1. The Hall–Kier alpha value is -3.71. The van der Waals surface area contributed by atoms with Crippen LogP contribution in [0, 0.1) is 5.82 Å². The second-order valence-electron chi connectivity index (χ2n) is 5.85. The summed E-state index contributed by atoms with van der Waals surface area (Å²) in [5.74, 6) is -2.29. The quantitative estimate of drug-likeness (QED) is 0.337. The zero-order valence-electron chi connectivity index (χ0n) is 16.3. The van der Waals surface area contributed by atoms with E-state index in [1.165, 1.54) is 33.3 Å². The van der Waals surface area contributed by atoms with Crippen molar-refractivity contribution in [2.75, 3.05) is 25.6 Å². The summed E-state index contributed by atoms with van der Waals surface area (Å²) in [6.45, 7) is -0.603. The number of aromatic nitrogens is 2. The molecule has 0 saturated carbocycles. The van der Waals surface area contributed by atoms with Crippen LogP contribution in [-0.4, -0.2) is 46.5 Å². The normalized spacial score (nSPS) is 10.4. The van der Waals surface area contributed by atoms with E-state index in [0.29, 0.717) is 4.57 Å². The highest BCUT2D eigenvalue weighted by Crippen LogP contribution is 2.25. The number of hydrogen-bond acceptors (Lipinski definition) is 8. The molecule has 30 heavy (non-hydrogen) atoms. The molecule has 0 aliphatic carbocycles. The monoisotopic (exact) mass is 425 g/mol. The summed E-state index contributed by atoms with van der Waals surface area (Å²) in [6, 6.07) is 3.49. The van der Waals surface area contributed by atoms with Crippen LogP contribution < -0.4 is 32.1 Å². The van der Waals surface area contributed by atoms with Gasteiger partial charge in [0.25, 0.3) is 5.91 Å². The van der Waals surface area contributed by atoms with E-state index >= 15 is 0 Å². The van der Waals surface area contributed by atoms with Crippen molar-refractivity contribution in [3.05, 3.63) is 50.4 Å². The molecule has 4 N–H and O–H groups in total. The lowest BCUT2D eigenvalue weighted by molar-refractivity contribution is 0.0244. The smallest absolute Gasteiger partial charge is 0.399 e. The first-order valence-corrected chi connectivity index (χ1v) is 8.50. The molecule has 2 amide bonds. The van der Waals surface area contributed by atoms with Gasteiger partial charge < -0.3 is 20.5 Å². The third kappa shape index (κ3) is 4.82. The molecule has 2 aromatic rings. The van der Waals surface area contributed by atoms with Gasteiger partial charge in [-0.15, -0.1) is 0 Å². The summed E-state index contributed by atoms with van der Waals surface area (Å²) in [6.07, 6.45) is -1.21. The lowest BCUT2D eigenvalue weighted by Crippen LogP contribution is -2.40. The summed E-state index contributed by atoms with van der Waals surface area (Å²) in [5.41, 5.74) is -0.0387. The second kappa shape index (κ2) is 9.67. The lowest BCUT2D eigenvalue weighted by atomic mass is 10.2. The maximum absolute atomic E-state index is 14.5. The molecule has 2 rings (SSSR count). The summed E-state index contributed by atoms with van der Waals surface area (Å²) in [7, 11) is 3.83. The molecule has 0 aliphatic rings. The SMILES string of the molecule is CNC(=O)c1ccc(Nc2c(OC(=O)NOCCO)c(=O)n(C)c(=O)n2C)c(F)c1. The minimum absolute atomic E-state index is 0.0512. The molecule has 0 radical (unpaired) electrons. The molecular formula is C17H20FN5O7. The summed E-state index contributed by atoms with van der Waals surface area (Å²) in [5, 5.41) is 13.5. The van der Waals surface area contributed by atoms with Crippen molar-refractivity contribution >= 4 is 23.5 Å². The van der Waals surface area contributed by atoms with Gasteiger partial charge in [0.15, 0.2) is 5.82 Å². The molecule has 0 spiro atoms. The van der Waals surface area contributed by atoms with Gasteiger partial charge in [-0.1, -0.05) is 0 Å². The number of nitrogens with one attached hydrogen (secondary N) is 3. The van der Waals surface area contributed by atoms with Gasteiger partial charge in [-0.05, 0) is 18.2 Å². The van der Waals surface area contributed by atoms with Crippen LogP contribution >= 0.6 is 0 Å². The molecule has 1 aromatic heterocycles. The second-order valence-corrected chi connectivity index (χ2v) is 5.85. The van der Waals surface area contributed by atoms with Crippen molar-refractivity contribution in [1.82, 2.24) is 19.9 Å². The van der Waals surface area contributed by atoms with E-state index in [9.17, 15) is 23.6 Å². The van der Waals surface area contributed by atoms with Gasteiger partial charge in [0.2, 0.25) is 5.75 Å². The number of amides is 2. The fraction of sp³-hybridized carbons (Fsp3) is 0.294. The van der Waals surface area contributed by atoms with Gasteiger partial charge in [0.05, 0.1) is 18.9 Å². The van der Waals surface area contributed by atoms with Gasteiger partial charge in [-0.3, -0.25) is 23.6 Å². The molecule has 0 unspecified atom stereocenters. The molecule has 0 aliphatic heterocycles. The van der Waals surface area contributed by atoms with Gasteiger partial charge >= 0.3 is 17.3 Å². The van der Waals surface area contributed by atoms with Crippen LogP contribution in [0.4, 0.5) is 20.7 Å². The highest BCUT2D eigenvalue weighted by Gasteiger charge is 2.21. The Morgan fingerprint density at radius 2 is 1.90 bits per heavy atom. The Bertz CT molecular complexity index is 1080. The van der Waals surface area contributed by atoms with Crippen molar-refractivity contribution in [1.29, 1.82) is 0 Å². The third-order valence-corrected chi connectivity index (χ3v) is 3.88. The van der Waals surface area contributed by atoms with Crippen LogP contribution in [0.1, 0.15) is 10.4 Å². The van der Waals surface area contributed by atoms with Crippen molar-refractivity contribution in [3.8, 4) is 5.75 Å². The van der Waals surface area contributed by atoms with Gasteiger partial charge in [-0.2, -0.15) is 5.48 Å². The Morgan fingerprint density at radius 1 is 1.20 bits per heavy atom. The van der Waals surface area contributed by atoms with E-state index in [1.807, 2.05) is 5.48 Å². The van der Waals surface area contributed by atoms with Gasteiger partial charge in [0, 0.05) is 26.7 Å². The molecule has 162 valence electrons. The molecule has 1 heterocycles. The number of halogens is 1. The lowest BCUT2D eigenvalue weighted by Gasteiger charge is -2.17. The largest absolute Gasteiger partial charge is 0.437 e. The van der Waals surface area contributed by atoms with Crippen molar-refractivity contribution in [2.45, 2.75) is 0 Å². The molecule has 13 heteroatoms. The minimum Gasteiger partial charge on any atom is -0.399 e. The highest BCUT2D eigenvalue weighted by molar-refractivity contribution is 5.94. The Balaban J connectivity index is 2.46. The predicted octanol–water partition coefficient (Wildman–Crippen LogP) is -0.661. The van der Waals surface area contributed by atoms with Crippen LogP contribution in [-0.2, 0) is 18.9 Å². The number of rotatable bonds is 7. The zero-order chi connectivity index (χ0) is 22.4. The van der Waals surface area contributed by atoms with Crippen molar-refractivity contribution in [2.24, 2.45) is 14.1 Å². The Kier molecular flexibility index (Phi) is 7.27. The average molecular weight is 425 g/mol. The first kappa shape index (κ1) is 22.6. The number of aliphatic hydroxyl groups excluding tert-OH is 1. The number of hydrogen-bond donors (Lipinski definition) is 4. The van der Waals surface area contributed by atoms with Crippen molar-refractivity contribution < 1.29 is 28.7 Å². The Labute approximate surface area is 168 Å². The number of carbonyl (C=O) groups excluding carboxylic acids is 2. The first-order valence-electron chi connectivity index (χ1n) is 8.50. The third-order valence-electron chi connectivity index (χ3n) is 3.88. The van der Waals surface area contributed by atoms with Crippen LogP contribution in [0.5, 0.6) is 5.75 Å². The van der Waals surface area contributed by atoms with E-state index in [2.05, 4.69) is 15.5 Å². The number of hydroxylamine groups is 1. The van der Waals surface area contributed by atoms with Crippen LogP contribution in [0.25, 0.3) is 0 Å². The fourth-order valence-electron chi connectivity index (χ4n) is 2.34. The number of nitrogens with zero attached hydrogens (tertiary/aromatic N) is 2.